The van der Waals surface area contributed by atoms with E-state index in [4.69, 9.17) is 16.3 Å². The number of aliphatic imine (C=N–C) groups is 1. The number of hydrogen-bond acceptors (Lipinski definition) is 6. The number of halogens is 2. The van der Waals surface area contributed by atoms with Gasteiger partial charge in [0.1, 0.15) is 11.4 Å². The molecular weight excluding hydrogens is 431 g/mol. The molecule has 1 atom stereocenters. The van der Waals surface area contributed by atoms with Crippen molar-refractivity contribution in [3.63, 3.8) is 0 Å². The van der Waals surface area contributed by atoms with Gasteiger partial charge in [-0.2, -0.15) is 0 Å². The first-order valence-corrected chi connectivity index (χ1v) is 10.2. The molecule has 0 unspecified atom stereocenters. The number of sulfonamides is 1. The second-order valence-corrected chi connectivity index (χ2v) is 10.1. The van der Waals surface area contributed by atoms with Crippen LogP contribution < -0.4 is 5.32 Å². The minimum atomic E-state index is -4.07. The van der Waals surface area contributed by atoms with Gasteiger partial charge in [-0.3, -0.25) is 10.1 Å². The van der Waals surface area contributed by atoms with E-state index in [-0.39, 0.29) is 5.56 Å². The lowest BCUT2D eigenvalue weighted by atomic mass is 9.93. The lowest BCUT2D eigenvalue weighted by Crippen LogP contribution is -2.61. The molecule has 0 aromatic heterocycles. The molecule has 160 valence electrons. The van der Waals surface area contributed by atoms with Crippen LogP contribution in [0.1, 0.15) is 33.3 Å². The topological polar surface area (TPSA) is 131 Å². The molecule has 0 aliphatic carbocycles. The highest BCUT2D eigenvalue weighted by Crippen LogP contribution is 2.35. The number of guanidine groups is 1. The van der Waals surface area contributed by atoms with Crippen molar-refractivity contribution in [1.82, 2.24) is 9.62 Å². The highest BCUT2D eigenvalue weighted by Gasteiger charge is 2.45. The van der Waals surface area contributed by atoms with Crippen LogP contribution in [-0.2, 0) is 20.3 Å². The van der Waals surface area contributed by atoms with Gasteiger partial charge in [0, 0.05) is 24.7 Å². The van der Waals surface area contributed by atoms with Crippen LogP contribution in [0, 0.1) is 15.9 Å². The Morgan fingerprint density at radius 2 is 2.03 bits per heavy atom. The van der Waals surface area contributed by atoms with Gasteiger partial charge in [-0.05, 0) is 27.7 Å². The van der Waals surface area contributed by atoms with Crippen LogP contribution in [0.4, 0.5) is 14.9 Å². The second kappa shape index (κ2) is 7.41. The van der Waals surface area contributed by atoms with Crippen molar-refractivity contribution in [2.24, 2.45) is 4.99 Å². The fourth-order valence-corrected chi connectivity index (χ4v) is 4.37. The fraction of sp³-hybridized carbons (Fsp3) is 0.500. The van der Waals surface area contributed by atoms with Crippen LogP contribution in [0.5, 0.6) is 0 Å². The summed E-state index contributed by atoms with van der Waals surface area (Å²) in [5.74, 6) is -2.11. The van der Waals surface area contributed by atoms with Gasteiger partial charge in [-0.25, -0.2) is 21.9 Å². The number of carbonyl (C=O) groups is 1. The summed E-state index contributed by atoms with van der Waals surface area (Å²) in [6.07, 6.45) is -1.07. The van der Waals surface area contributed by atoms with E-state index in [9.17, 15) is 27.7 Å². The molecule has 1 aromatic carbocycles. The Balaban J connectivity index is 2.59. The van der Waals surface area contributed by atoms with Crippen LogP contribution in [0.2, 0.25) is 5.02 Å². The molecular formula is C16H20ClFN4O6S. The highest BCUT2D eigenvalue weighted by molar-refractivity contribution is 7.89. The number of nitrogens with one attached hydrogen (secondary N) is 1. The average Bonchev–Trinajstić information content (AvgIpc) is 2.52. The number of nitro groups is 1. The van der Waals surface area contributed by atoms with E-state index in [1.165, 1.54) is 6.92 Å². The maximum atomic E-state index is 14.7. The average molecular weight is 451 g/mol. The summed E-state index contributed by atoms with van der Waals surface area (Å²) in [6, 6.07) is 1.71. The number of rotatable bonds is 2. The smallest absolute Gasteiger partial charge is 0.437 e. The van der Waals surface area contributed by atoms with Crippen LogP contribution in [0.3, 0.4) is 0 Å². The Bertz CT molecular complexity index is 1010. The van der Waals surface area contributed by atoms with Crippen molar-refractivity contribution in [3.05, 3.63) is 38.7 Å². The summed E-state index contributed by atoms with van der Waals surface area (Å²) in [4.78, 5) is 26.0. The number of nitro benzene ring substituents is 1. The largest absolute Gasteiger partial charge is 0.442 e. The molecule has 1 aliphatic heterocycles. The molecule has 29 heavy (non-hydrogen) atoms. The number of non-ortho nitro benzene ring substituents is 1. The normalized spacial score (nSPS) is 22.9. The van der Waals surface area contributed by atoms with Crippen LogP contribution in [0.25, 0.3) is 0 Å². The van der Waals surface area contributed by atoms with E-state index in [1.807, 2.05) is 0 Å². The Hall–Kier alpha value is -2.47. The van der Waals surface area contributed by atoms with Gasteiger partial charge in [-0.15, -0.1) is 4.99 Å². The highest BCUT2D eigenvalue weighted by atomic mass is 35.5. The Labute approximate surface area is 171 Å². The van der Waals surface area contributed by atoms with Gasteiger partial charge < -0.3 is 10.1 Å². The monoisotopic (exact) mass is 450 g/mol. The van der Waals surface area contributed by atoms with Crippen LogP contribution in [-0.4, -0.2) is 48.1 Å². The van der Waals surface area contributed by atoms with E-state index in [0.29, 0.717) is 0 Å². The zero-order valence-electron chi connectivity index (χ0n) is 16.3. The number of amides is 1. The van der Waals surface area contributed by atoms with Crippen molar-refractivity contribution >= 4 is 39.4 Å². The summed E-state index contributed by atoms with van der Waals surface area (Å²) in [5.41, 5.74) is -3.45. The van der Waals surface area contributed by atoms with E-state index in [1.54, 1.807) is 20.8 Å². The number of benzene rings is 1. The first-order valence-electron chi connectivity index (χ1n) is 8.26. The zero-order chi connectivity index (χ0) is 22.4. The molecule has 0 bridgehead atoms. The molecule has 0 spiro atoms. The molecule has 1 saturated heterocycles. The summed E-state index contributed by atoms with van der Waals surface area (Å²) in [7, 11) is -2.91. The molecule has 0 saturated carbocycles. The molecule has 1 amide bonds. The quantitative estimate of drug-likeness (QED) is 0.541. The summed E-state index contributed by atoms with van der Waals surface area (Å²) in [5, 5.41) is 13.3. The number of carbonyl (C=O) groups excluding carboxylic acids is 1. The molecule has 0 radical (unpaired) electrons. The fourth-order valence-electron chi connectivity index (χ4n) is 2.65. The first kappa shape index (κ1) is 22.8. The molecule has 10 nitrogen and oxygen atoms in total. The van der Waals surface area contributed by atoms with Crippen LogP contribution in [0.15, 0.2) is 17.1 Å². The van der Waals surface area contributed by atoms with Gasteiger partial charge in [0.05, 0.1) is 21.2 Å². The number of hydrogen-bond donors (Lipinski definition) is 1. The van der Waals surface area contributed by atoms with Gasteiger partial charge >= 0.3 is 6.09 Å². The lowest BCUT2D eigenvalue weighted by molar-refractivity contribution is -0.385. The number of nitrogens with zero attached hydrogens (tertiary/aromatic N) is 3. The molecule has 13 heteroatoms. The first-order chi connectivity index (χ1) is 13.1. The predicted molar refractivity (Wildman–Crippen MR) is 104 cm³/mol. The van der Waals surface area contributed by atoms with Crippen molar-refractivity contribution in [1.29, 1.82) is 0 Å². The predicted octanol–water partition coefficient (Wildman–Crippen LogP) is 2.76. The number of ether oxygens (including phenoxy) is 1. The van der Waals surface area contributed by atoms with Crippen LogP contribution >= 0.6 is 11.6 Å². The van der Waals surface area contributed by atoms with E-state index in [2.05, 4.69) is 10.3 Å². The molecule has 1 aromatic rings. The second-order valence-electron chi connectivity index (χ2n) is 7.64. The Morgan fingerprint density at radius 3 is 2.55 bits per heavy atom. The molecule has 1 N–H and O–H groups in total. The maximum Gasteiger partial charge on any atom is 0.437 e. The Morgan fingerprint density at radius 1 is 1.45 bits per heavy atom. The lowest BCUT2D eigenvalue weighted by Gasteiger charge is -2.40. The zero-order valence-corrected chi connectivity index (χ0v) is 17.9. The van der Waals surface area contributed by atoms with Crippen molar-refractivity contribution in [2.75, 3.05) is 12.8 Å². The molecule has 1 heterocycles. The minimum absolute atomic E-state index is 0.356. The molecule has 2 rings (SSSR count). The van der Waals surface area contributed by atoms with Gasteiger partial charge in [-0.1, -0.05) is 11.6 Å². The third-order valence-corrected chi connectivity index (χ3v) is 6.21. The summed E-state index contributed by atoms with van der Waals surface area (Å²) < 4.78 is 45.7. The van der Waals surface area contributed by atoms with E-state index in [0.717, 1.165) is 23.5 Å². The maximum absolute atomic E-state index is 14.7. The third-order valence-electron chi connectivity index (χ3n) is 3.98. The van der Waals surface area contributed by atoms with E-state index >= 15 is 0 Å². The van der Waals surface area contributed by atoms with Gasteiger partial charge in [0.2, 0.25) is 16.0 Å². The Kier molecular flexibility index (Phi) is 5.83. The third kappa shape index (κ3) is 4.93. The molecule has 1 fully saturated rings. The standard InChI is InChI=1S/C16H20ClFN4O6S/c1-15(2,3)28-14(23)19-13-20-16(4,8-29(26,27)21(13)5)10-6-9(22(24)25)7-11(17)12(10)18/h6-7H,8H2,1-5H3,(H,19,20,23)/t16-/m0/s1. The SMILES string of the molecule is CN1/C(=N/C(=O)OC(C)(C)C)N[C@](C)(c2cc([N+](=O)[O-])cc(Cl)c2F)CS1(=O)=O. The van der Waals surface area contributed by atoms with E-state index < -0.39 is 60.4 Å². The van der Waals surface area contributed by atoms with Gasteiger partial charge in [0.25, 0.3) is 5.69 Å². The van der Waals surface area contributed by atoms with Crippen molar-refractivity contribution < 1.29 is 27.3 Å². The summed E-state index contributed by atoms with van der Waals surface area (Å²) >= 11 is 5.77. The minimum Gasteiger partial charge on any atom is -0.442 e. The van der Waals surface area contributed by atoms with Crippen molar-refractivity contribution in [2.45, 2.75) is 38.8 Å². The molecule has 1 aliphatic rings. The van der Waals surface area contributed by atoms with Gasteiger partial charge in [0.15, 0.2) is 0 Å². The van der Waals surface area contributed by atoms with Crippen molar-refractivity contribution in [3.8, 4) is 0 Å². The summed E-state index contributed by atoms with van der Waals surface area (Å²) in [6.45, 7) is 6.11.